The molecule has 39 heavy (non-hydrogen) atoms. The molecule has 0 aliphatic carbocycles. The number of amides is 1. The van der Waals surface area contributed by atoms with Crippen LogP contribution in [-0.4, -0.2) is 34.6 Å². The van der Waals surface area contributed by atoms with Crippen LogP contribution in [0.15, 0.2) is 83.3 Å². The van der Waals surface area contributed by atoms with E-state index in [0.717, 1.165) is 10.9 Å². The Bertz CT molecular complexity index is 1660. The van der Waals surface area contributed by atoms with Crippen LogP contribution in [0.1, 0.15) is 44.2 Å². The summed E-state index contributed by atoms with van der Waals surface area (Å²) in [5.74, 6) is -0.0172. The van der Waals surface area contributed by atoms with Crippen LogP contribution in [0.5, 0.6) is 0 Å². The molecular weight excluding hydrogens is 514 g/mol. The summed E-state index contributed by atoms with van der Waals surface area (Å²) in [6.45, 7) is 2.72. The lowest BCUT2D eigenvalue weighted by molar-refractivity contribution is 0.0927. The minimum absolute atomic E-state index is 0.0528. The minimum atomic E-state index is -0.347. The van der Waals surface area contributed by atoms with Gasteiger partial charge in [0, 0.05) is 29.1 Å². The predicted molar refractivity (Wildman–Crippen MR) is 150 cm³/mol. The third-order valence-electron chi connectivity index (χ3n) is 6.18. The van der Waals surface area contributed by atoms with E-state index in [1.54, 1.807) is 42.5 Å². The maximum Gasteiger partial charge on any atom is 0.287 e. The Morgan fingerprint density at radius 1 is 1.03 bits per heavy atom. The number of anilines is 1. The van der Waals surface area contributed by atoms with Crippen molar-refractivity contribution in [2.75, 3.05) is 18.4 Å². The number of nitriles is 1. The fraction of sp³-hybridized carbons (Fsp3) is 0.133. The number of fused-ring (bicyclic) bond motifs is 1. The number of halogens is 1. The van der Waals surface area contributed by atoms with Crippen molar-refractivity contribution in [3.05, 3.63) is 112 Å². The zero-order chi connectivity index (χ0) is 27.4. The van der Waals surface area contributed by atoms with Crippen molar-refractivity contribution in [3.8, 4) is 11.8 Å². The lowest BCUT2D eigenvalue weighted by Gasteiger charge is -2.11. The van der Waals surface area contributed by atoms with Crippen LogP contribution in [0, 0.1) is 18.3 Å². The number of carbonyl (C=O) groups is 2. The van der Waals surface area contributed by atoms with Crippen molar-refractivity contribution >= 4 is 40.1 Å². The maximum atomic E-state index is 13.3. The molecule has 0 fully saturated rings. The number of hydrogen-bond acceptors (Lipinski definition) is 6. The molecule has 0 aliphatic rings. The van der Waals surface area contributed by atoms with E-state index in [9.17, 15) is 14.9 Å². The van der Waals surface area contributed by atoms with Gasteiger partial charge in [0.25, 0.3) is 5.91 Å². The van der Waals surface area contributed by atoms with E-state index in [1.165, 1.54) is 4.68 Å². The summed E-state index contributed by atoms with van der Waals surface area (Å²) in [4.78, 5) is 25.8. The third-order valence-corrected chi connectivity index (χ3v) is 6.43. The number of hydrogen-bond donors (Lipinski definition) is 2. The Labute approximate surface area is 229 Å². The Kier molecular flexibility index (Phi) is 7.43. The Morgan fingerprint density at radius 3 is 2.49 bits per heavy atom. The number of furan rings is 1. The molecule has 0 radical (unpaired) electrons. The van der Waals surface area contributed by atoms with Gasteiger partial charge in [-0.25, -0.2) is 4.68 Å². The van der Waals surface area contributed by atoms with Crippen LogP contribution in [0.2, 0.25) is 5.02 Å². The van der Waals surface area contributed by atoms with Gasteiger partial charge in [0.2, 0.25) is 5.78 Å². The summed E-state index contributed by atoms with van der Waals surface area (Å²) in [5.41, 5.74) is 2.95. The molecule has 0 saturated heterocycles. The second kappa shape index (κ2) is 11.3. The van der Waals surface area contributed by atoms with E-state index in [1.807, 2.05) is 43.3 Å². The van der Waals surface area contributed by atoms with Crippen molar-refractivity contribution in [2.45, 2.75) is 13.3 Å². The highest BCUT2D eigenvalue weighted by Crippen LogP contribution is 2.26. The van der Waals surface area contributed by atoms with E-state index < -0.39 is 0 Å². The largest absolute Gasteiger partial charge is 0.451 e. The number of rotatable bonds is 9. The van der Waals surface area contributed by atoms with E-state index in [0.29, 0.717) is 47.2 Å². The molecular formula is C30H24ClN5O3. The molecule has 1 amide bonds. The highest BCUT2D eigenvalue weighted by molar-refractivity contribution is 6.30. The van der Waals surface area contributed by atoms with Gasteiger partial charge in [0.05, 0.1) is 5.69 Å². The number of carbonyl (C=O) groups excluding carboxylic acids is 2. The highest BCUT2D eigenvalue weighted by atomic mass is 35.5. The second-order valence-corrected chi connectivity index (χ2v) is 9.39. The van der Waals surface area contributed by atoms with E-state index in [4.69, 9.17) is 16.0 Å². The van der Waals surface area contributed by atoms with Crippen molar-refractivity contribution in [3.63, 3.8) is 0 Å². The monoisotopic (exact) mass is 537 g/mol. The normalized spacial score (nSPS) is 10.8. The smallest absolute Gasteiger partial charge is 0.287 e. The zero-order valence-electron chi connectivity index (χ0n) is 21.1. The summed E-state index contributed by atoms with van der Waals surface area (Å²) in [7, 11) is 0. The minimum Gasteiger partial charge on any atom is -0.451 e. The van der Waals surface area contributed by atoms with Crippen molar-refractivity contribution < 1.29 is 14.0 Å². The average Bonchev–Trinajstić information content (AvgIpc) is 3.55. The molecule has 194 valence electrons. The van der Waals surface area contributed by atoms with Gasteiger partial charge in [-0.05, 0) is 49.7 Å². The lowest BCUT2D eigenvalue weighted by atomic mass is 10.0. The van der Waals surface area contributed by atoms with Gasteiger partial charge in [0.1, 0.15) is 23.0 Å². The maximum absolute atomic E-state index is 13.3. The first-order valence-electron chi connectivity index (χ1n) is 12.4. The van der Waals surface area contributed by atoms with Crippen LogP contribution in [0.25, 0.3) is 16.7 Å². The second-order valence-electron chi connectivity index (χ2n) is 8.95. The molecule has 0 spiro atoms. The summed E-state index contributed by atoms with van der Waals surface area (Å²) >= 11 is 6.06. The first-order chi connectivity index (χ1) is 18.9. The fourth-order valence-electron chi connectivity index (χ4n) is 4.13. The molecule has 5 aromatic rings. The van der Waals surface area contributed by atoms with Gasteiger partial charge in [-0.2, -0.15) is 10.4 Å². The van der Waals surface area contributed by atoms with Gasteiger partial charge in [-0.3, -0.25) is 9.59 Å². The molecule has 9 heteroatoms. The standard InChI is InChI=1S/C30H24ClN5O3/c1-19-7-9-20(10-8-19)28(37)27-24(18-32)29(36(35-27)23-13-11-22(31)12-14-23)33-15-4-16-34-30(38)26-17-21-5-2-3-6-25(21)39-26/h2-3,5-14,17,33H,4,15-16H2,1H3,(H,34,38). The molecule has 2 heterocycles. The molecule has 5 rings (SSSR count). The molecule has 0 bridgehead atoms. The SMILES string of the molecule is Cc1ccc(C(=O)c2nn(-c3ccc(Cl)cc3)c(NCCCNC(=O)c3cc4ccccc4o3)c2C#N)cc1. The average molecular weight is 538 g/mol. The molecule has 0 atom stereocenters. The summed E-state index contributed by atoms with van der Waals surface area (Å²) in [6, 6.07) is 25.3. The number of ketones is 1. The lowest BCUT2D eigenvalue weighted by Crippen LogP contribution is -2.25. The van der Waals surface area contributed by atoms with E-state index in [-0.39, 0.29) is 28.7 Å². The van der Waals surface area contributed by atoms with Crippen LogP contribution < -0.4 is 10.6 Å². The zero-order valence-corrected chi connectivity index (χ0v) is 21.8. The van der Waals surface area contributed by atoms with Crippen LogP contribution in [0.4, 0.5) is 5.82 Å². The molecule has 0 saturated carbocycles. The number of aromatic nitrogens is 2. The van der Waals surface area contributed by atoms with Crippen LogP contribution >= 0.6 is 11.6 Å². The topological polar surface area (TPSA) is 113 Å². The summed E-state index contributed by atoms with van der Waals surface area (Å²) in [6.07, 6.45) is 0.546. The van der Waals surface area contributed by atoms with E-state index >= 15 is 0 Å². The molecule has 0 unspecified atom stereocenters. The highest BCUT2D eigenvalue weighted by Gasteiger charge is 2.25. The Hall–Kier alpha value is -4.87. The molecule has 3 aromatic carbocycles. The van der Waals surface area contributed by atoms with Gasteiger partial charge in [0.15, 0.2) is 11.5 Å². The van der Waals surface area contributed by atoms with Crippen molar-refractivity contribution in [1.29, 1.82) is 5.26 Å². The third kappa shape index (κ3) is 5.54. The Balaban J connectivity index is 1.32. The molecule has 2 N–H and O–H groups in total. The van der Waals surface area contributed by atoms with Crippen LogP contribution in [-0.2, 0) is 0 Å². The van der Waals surface area contributed by atoms with Gasteiger partial charge < -0.3 is 15.1 Å². The number of aryl methyl sites for hydroxylation is 1. The quantitative estimate of drug-likeness (QED) is 0.178. The molecule has 0 aliphatic heterocycles. The number of benzene rings is 3. The Morgan fingerprint density at radius 2 is 1.77 bits per heavy atom. The number of para-hydroxylation sites is 1. The van der Waals surface area contributed by atoms with Crippen molar-refractivity contribution in [2.24, 2.45) is 0 Å². The molecule has 2 aromatic heterocycles. The van der Waals surface area contributed by atoms with Crippen LogP contribution in [0.3, 0.4) is 0 Å². The first kappa shape index (κ1) is 25.8. The van der Waals surface area contributed by atoms with Gasteiger partial charge in [-0.1, -0.05) is 59.6 Å². The number of nitrogens with zero attached hydrogens (tertiary/aromatic N) is 3. The fourth-order valence-corrected chi connectivity index (χ4v) is 4.26. The van der Waals surface area contributed by atoms with Gasteiger partial charge in [-0.15, -0.1) is 0 Å². The summed E-state index contributed by atoms with van der Waals surface area (Å²) < 4.78 is 7.14. The summed E-state index contributed by atoms with van der Waals surface area (Å²) in [5, 5.41) is 22.0. The molecule has 8 nitrogen and oxygen atoms in total. The first-order valence-corrected chi connectivity index (χ1v) is 12.7. The van der Waals surface area contributed by atoms with Crippen molar-refractivity contribution in [1.82, 2.24) is 15.1 Å². The van der Waals surface area contributed by atoms with Gasteiger partial charge >= 0.3 is 0 Å². The predicted octanol–water partition coefficient (Wildman–Crippen LogP) is 5.92. The number of nitrogens with one attached hydrogen (secondary N) is 2. The van der Waals surface area contributed by atoms with E-state index in [2.05, 4.69) is 21.8 Å².